The third kappa shape index (κ3) is 2.22. The summed E-state index contributed by atoms with van der Waals surface area (Å²) in [7, 11) is 0. The summed E-state index contributed by atoms with van der Waals surface area (Å²) in [6.07, 6.45) is 3.85. The van der Waals surface area contributed by atoms with E-state index in [9.17, 15) is 0 Å². The molecule has 0 fully saturated rings. The van der Waals surface area contributed by atoms with E-state index in [4.69, 9.17) is 5.73 Å². The van der Waals surface area contributed by atoms with E-state index in [0.717, 1.165) is 28.1 Å². The number of hydrogen-bond donors (Lipinski definition) is 1. The van der Waals surface area contributed by atoms with Crippen LogP contribution in [0.5, 0.6) is 0 Å². The van der Waals surface area contributed by atoms with Crippen LogP contribution < -0.4 is 5.73 Å². The number of anilines is 1. The van der Waals surface area contributed by atoms with Gasteiger partial charge in [0.15, 0.2) is 0 Å². The molecular weight excluding hydrogens is 234 g/mol. The average molecular weight is 249 g/mol. The highest BCUT2D eigenvalue weighted by molar-refractivity contribution is 5.64. The second-order valence-electron chi connectivity index (χ2n) is 4.60. The summed E-state index contributed by atoms with van der Waals surface area (Å²) < 4.78 is 1.82. The molecule has 94 valence electrons. The topological polar surface area (TPSA) is 43.8 Å². The Balaban J connectivity index is 2.02. The van der Waals surface area contributed by atoms with Crippen molar-refractivity contribution in [2.24, 2.45) is 0 Å². The fraction of sp³-hybridized carbons (Fsp3) is 0.0625. The molecule has 1 aromatic heterocycles. The van der Waals surface area contributed by atoms with Crippen molar-refractivity contribution in [1.29, 1.82) is 0 Å². The number of nitrogen functional groups attached to an aromatic ring is 1. The molecule has 0 aliphatic rings. The predicted molar refractivity (Wildman–Crippen MR) is 78.1 cm³/mol. The van der Waals surface area contributed by atoms with E-state index >= 15 is 0 Å². The van der Waals surface area contributed by atoms with Gasteiger partial charge in [-0.2, -0.15) is 5.10 Å². The van der Waals surface area contributed by atoms with E-state index in [1.165, 1.54) is 0 Å². The maximum atomic E-state index is 6.04. The molecule has 3 heteroatoms. The summed E-state index contributed by atoms with van der Waals surface area (Å²) in [5, 5.41) is 4.39. The molecule has 0 unspecified atom stereocenters. The Hall–Kier alpha value is -2.55. The molecule has 0 spiro atoms. The van der Waals surface area contributed by atoms with Crippen LogP contribution in [0.15, 0.2) is 60.9 Å². The van der Waals surface area contributed by atoms with Gasteiger partial charge in [-0.25, -0.2) is 4.68 Å². The maximum absolute atomic E-state index is 6.04. The second-order valence-corrected chi connectivity index (χ2v) is 4.60. The Bertz CT molecular complexity index is 699. The lowest BCUT2D eigenvalue weighted by Crippen LogP contribution is -2.00. The summed E-state index contributed by atoms with van der Waals surface area (Å²) in [6.45, 7) is 2.03. The number of aryl methyl sites for hydroxylation is 1. The first-order valence-electron chi connectivity index (χ1n) is 6.20. The molecule has 0 amide bonds. The molecule has 0 aliphatic carbocycles. The Morgan fingerprint density at radius 1 is 1.00 bits per heavy atom. The van der Waals surface area contributed by atoms with Crippen LogP contribution in [-0.4, -0.2) is 9.78 Å². The summed E-state index contributed by atoms with van der Waals surface area (Å²) in [5.74, 6) is 0. The molecule has 0 saturated heterocycles. The minimum Gasteiger partial charge on any atom is -0.397 e. The number of nitrogens with two attached hydrogens (primary N) is 1. The van der Waals surface area contributed by atoms with Crippen molar-refractivity contribution in [2.75, 3.05) is 5.73 Å². The van der Waals surface area contributed by atoms with Crippen LogP contribution in [-0.2, 0) is 0 Å². The Morgan fingerprint density at radius 2 is 1.79 bits per heavy atom. The highest BCUT2D eigenvalue weighted by Crippen LogP contribution is 2.22. The lowest BCUT2D eigenvalue weighted by Gasteiger charge is -2.06. The van der Waals surface area contributed by atoms with Crippen molar-refractivity contribution < 1.29 is 0 Å². The normalized spacial score (nSPS) is 10.6. The molecule has 0 saturated carbocycles. The number of benzene rings is 2. The molecule has 0 radical (unpaired) electrons. The third-order valence-corrected chi connectivity index (χ3v) is 3.12. The number of aromatic nitrogens is 2. The van der Waals surface area contributed by atoms with Crippen molar-refractivity contribution in [3.8, 4) is 16.8 Å². The average Bonchev–Trinajstić information content (AvgIpc) is 2.89. The Morgan fingerprint density at radius 3 is 2.53 bits per heavy atom. The molecule has 1 heterocycles. The van der Waals surface area contributed by atoms with Gasteiger partial charge in [0.1, 0.15) is 0 Å². The molecule has 3 nitrogen and oxygen atoms in total. The summed E-state index contributed by atoms with van der Waals surface area (Å²) in [4.78, 5) is 0. The minimum atomic E-state index is 0.739. The first-order valence-corrected chi connectivity index (χ1v) is 6.20. The predicted octanol–water partition coefficient (Wildman–Crippen LogP) is 3.43. The van der Waals surface area contributed by atoms with Crippen LogP contribution in [0.25, 0.3) is 16.8 Å². The lowest BCUT2D eigenvalue weighted by molar-refractivity contribution is 0.882. The van der Waals surface area contributed by atoms with E-state index in [1.807, 2.05) is 60.4 Å². The first kappa shape index (κ1) is 11.5. The van der Waals surface area contributed by atoms with Crippen LogP contribution in [0.1, 0.15) is 5.56 Å². The molecule has 3 aromatic rings. The summed E-state index contributed by atoms with van der Waals surface area (Å²) in [6, 6.07) is 16.2. The molecule has 0 bridgehead atoms. The number of rotatable bonds is 2. The second kappa shape index (κ2) is 4.61. The minimum absolute atomic E-state index is 0.739. The van der Waals surface area contributed by atoms with Crippen LogP contribution >= 0.6 is 0 Å². The van der Waals surface area contributed by atoms with Gasteiger partial charge in [-0.15, -0.1) is 0 Å². The van der Waals surface area contributed by atoms with Gasteiger partial charge >= 0.3 is 0 Å². The standard InChI is InChI=1S/C16H15N3/c1-12-7-8-16(15(17)9-12)19-11-14(10-18-19)13-5-3-2-4-6-13/h2-11H,17H2,1H3. The van der Waals surface area contributed by atoms with E-state index in [2.05, 4.69) is 17.2 Å². The van der Waals surface area contributed by atoms with Crippen LogP contribution in [0.2, 0.25) is 0 Å². The van der Waals surface area contributed by atoms with Crippen LogP contribution in [0.3, 0.4) is 0 Å². The molecule has 19 heavy (non-hydrogen) atoms. The van der Waals surface area contributed by atoms with E-state index in [0.29, 0.717) is 0 Å². The van der Waals surface area contributed by atoms with Gasteiger partial charge < -0.3 is 5.73 Å². The molecule has 0 aliphatic heterocycles. The number of nitrogens with zero attached hydrogens (tertiary/aromatic N) is 2. The zero-order chi connectivity index (χ0) is 13.2. The highest BCUT2D eigenvalue weighted by Gasteiger charge is 2.05. The van der Waals surface area contributed by atoms with Gasteiger partial charge in [-0.05, 0) is 30.2 Å². The van der Waals surface area contributed by atoms with E-state index in [-0.39, 0.29) is 0 Å². The smallest absolute Gasteiger partial charge is 0.0875 e. The summed E-state index contributed by atoms with van der Waals surface area (Å²) >= 11 is 0. The fourth-order valence-electron chi connectivity index (χ4n) is 2.12. The monoisotopic (exact) mass is 249 g/mol. The molecular formula is C16H15N3. The third-order valence-electron chi connectivity index (χ3n) is 3.12. The van der Waals surface area contributed by atoms with E-state index in [1.54, 1.807) is 0 Å². The zero-order valence-electron chi connectivity index (χ0n) is 10.7. The van der Waals surface area contributed by atoms with Gasteiger partial charge in [0.05, 0.1) is 17.6 Å². The SMILES string of the molecule is Cc1ccc(-n2cc(-c3ccccc3)cn2)c(N)c1. The quantitative estimate of drug-likeness (QED) is 0.707. The van der Waals surface area contributed by atoms with E-state index < -0.39 is 0 Å². The zero-order valence-corrected chi connectivity index (χ0v) is 10.7. The molecule has 0 atom stereocenters. The molecule has 3 rings (SSSR count). The lowest BCUT2D eigenvalue weighted by atomic mass is 10.1. The van der Waals surface area contributed by atoms with Crippen LogP contribution in [0, 0.1) is 6.92 Å². The van der Waals surface area contributed by atoms with Gasteiger partial charge in [0, 0.05) is 11.8 Å². The Kier molecular flexibility index (Phi) is 2.80. The maximum Gasteiger partial charge on any atom is 0.0875 e. The van der Waals surface area contributed by atoms with Crippen molar-refractivity contribution in [1.82, 2.24) is 9.78 Å². The van der Waals surface area contributed by atoms with Gasteiger partial charge in [-0.3, -0.25) is 0 Å². The highest BCUT2D eigenvalue weighted by atomic mass is 15.3. The van der Waals surface area contributed by atoms with Crippen molar-refractivity contribution in [3.05, 3.63) is 66.5 Å². The molecule has 2 aromatic carbocycles. The fourth-order valence-corrected chi connectivity index (χ4v) is 2.12. The number of hydrogen-bond acceptors (Lipinski definition) is 2. The van der Waals surface area contributed by atoms with Crippen molar-refractivity contribution >= 4 is 5.69 Å². The Labute approximate surface area is 112 Å². The molecule has 2 N–H and O–H groups in total. The van der Waals surface area contributed by atoms with Crippen molar-refractivity contribution in [3.63, 3.8) is 0 Å². The summed E-state index contributed by atoms with van der Waals surface area (Å²) in [5.41, 5.74) is 11.1. The van der Waals surface area contributed by atoms with Gasteiger partial charge in [0.2, 0.25) is 0 Å². The largest absolute Gasteiger partial charge is 0.397 e. The van der Waals surface area contributed by atoms with Crippen LogP contribution in [0.4, 0.5) is 5.69 Å². The van der Waals surface area contributed by atoms with Gasteiger partial charge in [0.25, 0.3) is 0 Å². The van der Waals surface area contributed by atoms with Crippen molar-refractivity contribution in [2.45, 2.75) is 6.92 Å². The van der Waals surface area contributed by atoms with Gasteiger partial charge in [-0.1, -0.05) is 36.4 Å². The first-order chi connectivity index (χ1) is 9.24.